The highest BCUT2D eigenvalue weighted by molar-refractivity contribution is 5.94. The van der Waals surface area contributed by atoms with Gasteiger partial charge in [0, 0.05) is 32.9 Å². The Kier molecular flexibility index (Phi) is 3.82. The summed E-state index contributed by atoms with van der Waals surface area (Å²) in [6.07, 6.45) is 8.85. The van der Waals surface area contributed by atoms with Crippen LogP contribution in [0.25, 0.3) is 0 Å². The second-order valence-electron chi connectivity index (χ2n) is 6.91. The summed E-state index contributed by atoms with van der Waals surface area (Å²) in [5, 5.41) is 11.5. The summed E-state index contributed by atoms with van der Waals surface area (Å²) in [6, 6.07) is 1.80. The lowest BCUT2D eigenvalue weighted by atomic mass is 9.93. The minimum atomic E-state index is -0.285. The van der Waals surface area contributed by atoms with E-state index in [4.69, 9.17) is 0 Å². The zero-order chi connectivity index (χ0) is 17.6. The van der Waals surface area contributed by atoms with Crippen LogP contribution in [0.3, 0.4) is 0 Å². The molecule has 2 aromatic heterocycles. The number of rotatable bonds is 4. The van der Waals surface area contributed by atoms with Gasteiger partial charge in [0.25, 0.3) is 5.91 Å². The molecule has 0 aromatic carbocycles. The van der Waals surface area contributed by atoms with Crippen molar-refractivity contribution in [2.45, 2.75) is 43.8 Å². The van der Waals surface area contributed by atoms with Crippen LogP contribution in [-0.4, -0.2) is 49.4 Å². The van der Waals surface area contributed by atoms with Crippen LogP contribution in [0.5, 0.6) is 0 Å². The van der Waals surface area contributed by atoms with Crippen molar-refractivity contribution in [3.8, 4) is 0 Å². The van der Waals surface area contributed by atoms with Gasteiger partial charge >= 0.3 is 0 Å². The fourth-order valence-electron chi connectivity index (χ4n) is 3.64. The van der Waals surface area contributed by atoms with Crippen LogP contribution in [0.15, 0.2) is 24.7 Å². The van der Waals surface area contributed by atoms with E-state index in [-0.39, 0.29) is 30.3 Å². The molecule has 2 atom stereocenters. The Bertz CT molecular complexity index is 806. The molecule has 1 aliphatic carbocycles. The maximum Gasteiger partial charge on any atom is 0.254 e. The minimum Gasteiger partial charge on any atom is -0.346 e. The first-order valence-electron chi connectivity index (χ1n) is 8.63. The number of aryl methyl sites for hydroxylation is 1. The molecule has 3 heterocycles. The van der Waals surface area contributed by atoms with Crippen LogP contribution in [-0.2, 0) is 11.8 Å². The largest absolute Gasteiger partial charge is 0.346 e. The third kappa shape index (κ3) is 2.71. The number of carbonyl (C=O) groups is 2. The second-order valence-corrected chi connectivity index (χ2v) is 6.91. The number of hydrogen-bond acceptors (Lipinski definition) is 4. The summed E-state index contributed by atoms with van der Waals surface area (Å²) in [5.41, 5.74) is 1.45. The predicted octanol–water partition coefficient (Wildman–Crippen LogP) is 1.04. The molecular formula is C17H22N6O2. The van der Waals surface area contributed by atoms with Crippen molar-refractivity contribution in [1.29, 1.82) is 0 Å². The topological polar surface area (TPSA) is 85.1 Å². The molecule has 0 spiro atoms. The van der Waals surface area contributed by atoms with Gasteiger partial charge in [-0.1, -0.05) is 0 Å². The predicted molar refractivity (Wildman–Crippen MR) is 89.7 cm³/mol. The molecule has 1 N–H and O–H groups in total. The van der Waals surface area contributed by atoms with E-state index >= 15 is 0 Å². The number of likely N-dealkylation sites (tertiary alicyclic amines) is 1. The molecule has 0 bridgehead atoms. The molecule has 4 rings (SSSR count). The summed E-state index contributed by atoms with van der Waals surface area (Å²) in [4.78, 5) is 26.5. The van der Waals surface area contributed by atoms with Crippen LogP contribution in [0.2, 0.25) is 0 Å². The smallest absolute Gasteiger partial charge is 0.254 e. The molecular weight excluding hydrogens is 320 g/mol. The van der Waals surface area contributed by atoms with Gasteiger partial charge in [0.05, 0.1) is 35.6 Å². The van der Waals surface area contributed by atoms with Crippen LogP contribution < -0.4 is 5.32 Å². The molecule has 2 fully saturated rings. The first kappa shape index (κ1) is 15.9. The van der Waals surface area contributed by atoms with E-state index in [1.807, 2.05) is 17.8 Å². The highest BCUT2D eigenvalue weighted by atomic mass is 16.2. The molecule has 8 heteroatoms. The van der Waals surface area contributed by atoms with E-state index in [0.29, 0.717) is 11.6 Å². The number of likely N-dealkylation sites (N-methyl/N-ethyl adjacent to an activating group) is 1. The molecule has 0 radical (unpaired) electrons. The molecule has 8 nitrogen and oxygen atoms in total. The van der Waals surface area contributed by atoms with Crippen molar-refractivity contribution >= 4 is 11.8 Å². The van der Waals surface area contributed by atoms with Crippen molar-refractivity contribution in [3.63, 3.8) is 0 Å². The van der Waals surface area contributed by atoms with E-state index < -0.39 is 0 Å². The summed E-state index contributed by atoms with van der Waals surface area (Å²) < 4.78 is 3.62. The van der Waals surface area contributed by atoms with Gasteiger partial charge in [0.15, 0.2) is 0 Å². The minimum absolute atomic E-state index is 0.0154. The first-order valence-corrected chi connectivity index (χ1v) is 8.63. The third-order valence-electron chi connectivity index (χ3n) is 5.38. The van der Waals surface area contributed by atoms with E-state index in [9.17, 15) is 9.59 Å². The van der Waals surface area contributed by atoms with Crippen LogP contribution >= 0.6 is 0 Å². The quantitative estimate of drug-likeness (QED) is 0.900. The van der Waals surface area contributed by atoms with Crippen molar-refractivity contribution in [1.82, 2.24) is 29.8 Å². The Morgan fingerprint density at radius 1 is 1.28 bits per heavy atom. The SMILES string of the molecule is CN1C(=O)C[C@@H](NC(=O)c2cnn(C3CCC3)c2)[C@@H]1c1ccnn1C. The van der Waals surface area contributed by atoms with Gasteiger partial charge < -0.3 is 10.2 Å². The Morgan fingerprint density at radius 2 is 2.08 bits per heavy atom. The molecule has 1 saturated carbocycles. The number of aromatic nitrogens is 4. The summed E-state index contributed by atoms with van der Waals surface area (Å²) in [7, 11) is 3.61. The standard InChI is InChI=1S/C17H22N6O2/c1-21-15(24)8-13(16(21)14-6-7-18-22(14)2)20-17(25)11-9-19-23(10-11)12-4-3-5-12/h6-7,9-10,12-13,16H,3-5,8H2,1-2H3,(H,20,25)/t13-,16-/m1/s1. The number of carbonyl (C=O) groups excluding carboxylic acids is 2. The summed E-state index contributed by atoms with van der Waals surface area (Å²) in [6.45, 7) is 0. The maximum atomic E-state index is 12.6. The van der Waals surface area contributed by atoms with Gasteiger partial charge in [-0.15, -0.1) is 0 Å². The number of nitrogens with zero attached hydrogens (tertiary/aromatic N) is 5. The van der Waals surface area contributed by atoms with Gasteiger partial charge in [-0.25, -0.2) is 0 Å². The fraction of sp³-hybridized carbons (Fsp3) is 0.529. The number of hydrogen-bond donors (Lipinski definition) is 1. The molecule has 2 aliphatic rings. The van der Waals surface area contributed by atoms with Gasteiger partial charge in [-0.3, -0.25) is 19.0 Å². The number of amides is 2. The Morgan fingerprint density at radius 3 is 2.72 bits per heavy atom. The van der Waals surface area contributed by atoms with Crippen molar-refractivity contribution < 1.29 is 9.59 Å². The van der Waals surface area contributed by atoms with E-state index in [1.54, 1.807) is 35.2 Å². The van der Waals surface area contributed by atoms with Crippen molar-refractivity contribution in [3.05, 3.63) is 35.9 Å². The fourth-order valence-corrected chi connectivity index (χ4v) is 3.64. The van der Waals surface area contributed by atoms with Gasteiger partial charge in [-0.2, -0.15) is 10.2 Å². The maximum absolute atomic E-state index is 12.6. The van der Waals surface area contributed by atoms with E-state index in [1.165, 1.54) is 6.42 Å². The average Bonchev–Trinajstić information content (AvgIpc) is 3.20. The van der Waals surface area contributed by atoms with Crippen molar-refractivity contribution in [2.75, 3.05) is 7.05 Å². The third-order valence-corrected chi connectivity index (χ3v) is 5.38. The summed E-state index contributed by atoms with van der Waals surface area (Å²) in [5.74, 6) is -0.174. The van der Waals surface area contributed by atoms with Crippen LogP contribution in [0.4, 0.5) is 0 Å². The normalized spacial score (nSPS) is 23.8. The Labute approximate surface area is 145 Å². The van der Waals surface area contributed by atoms with E-state index in [0.717, 1.165) is 18.5 Å². The Balaban J connectivity index is 1.52. The molecule has 1 saturated heterocycles. The molecule has 25 heavy (non-hydrogen) atoms. The zero-order valence-electron chi connectivity index (χ0n) is 14.4. The lowest BCUT2D eigenvalue weighted by Gasteiger charge is -2.26. The highest BCUT2D eigenvalue weighted by Gasteiger charge is 2.41. The molecule has 2 aromatic rings. The van der Waals surface area contributed by atoms with Gasteiger partial charge in [0.2, 0.25) is 5.91 Å². The van der Waals surface area contributed by atoms with Crippen molar-refractivity contribution in [2.24, 2.45) is 7.05 Å². The van der Waals surface area contributed by atoms with Crippen LogP contribution in [0, 0.1) is 0 Å². The van der Waals surface area contributed by atoms with Crippen LogP contribution in [0.1, 0.15) is 53.8 Å². The first-order chi connectivity index (χ1) is 12.0. The molecule has 2 amide bonds. The zero-order valence-corrected chi connectivity index (χ0v) is 14.4. The Hall–Kier alpha value is -2.64. The monoisotopic (exact) mass is 342 g/mol. The molecule has 1 aliphatic heterocycles. The summed E-state index contributed by atoms with van der Waals surface area (Å²) >= 11 is 0. The van der Waals surface area contributed by atoms with E-state index in [2.05, 4.69) is 15.5 Å². The molecule has 132 valence electrons. The lowest BCUT2D eigenvalue weighted by molar-refractivity contribution is -0.127. The lowest BCUT2D eigenvalue weighted by Crippen LogP contribution is -2.39. The molecule has 0 unspecified atom stereocenters. The second kappa shape index (κ2) is 6.02. The van der Waals surface area contributed by atoms with Gasteiger partial charge in [-0.05, 0) is 25.3 Å². The highest BCUT2D eigenvalue weighted by Crippen LogP contribution is 2.32. The average molecular weight is 342 g/mol. The van der Waals surface area contributed by atoms with Gasteiger partial charge in [0.1, 0.15) is 0 Å². The number of nitrogens with one attached hydrogen (secondary N) is 1.